The van der Waals surface area contributed by atoms with E-state index < -0.39 is 11.4 Å². The number of fused-ring (bicyclic) bond motifs is 1. The molecule has 0 radical (unpaired) electrons. The van der Waals surface area contributed by atoms with Crippen LogP contribution in [0.2, 0.25) is 5.02 Å². The highest BCUT2D eigenvalue weighted by Gasteiger charge is 2.40. The van der Waals surface area contributed by atoms with Crippen LogP contribution in [-0.2, 0) is 4.79 Å². The van der Waals surface area contributed by atoms with Gasteiger partial charge in [-0.25, -0.2) is 0 Å². The van der Waals surface area contributed by atoms with Gasteiger partial charge in [0.05, 0.1) is 5.41 Å². The number of amides is 1. The van der Waals surface area contributed by atoms with E-state index in [0.717, 1.165) is 10.9 Å². The maximum atomic E-state index is 12.8. The fourth-order valence-electron chi connectivity index (χ4n) is 3.13. The van der Waals surface area contributed by atoms with E-state index in [9.17, 15) is 14.7 Å². The van der Waals surface area contributed by atoms with Crippen molar-refractivity contribution in [1.82, 2.24) is 4.90 Å². The molecule has 0 bridgehead atoms. The third kappa shape index (κ3) is 2.70. The Morgan fingerprint density at radius 2 is 2.13 bits per heavy atom. The van der Waals surface area contributed by atoms with E-state index >= 15 is 0 Å². The lowest BCUT2D eigenvalue weighted by Gasteiger charge is -2.37. The molecule has 1 aromatic heterocycles. The number of carboxylic acid groups (broad SMARTS) is 1. The van der Waals surface area contributed by atoms with Crippen molar-refractivity contribution in [2.24, 2.45) is 5.41 Å². The average Bonchev–Trinajstić information content (AvgIpc) is 2.83. The molecule has 0 spiro atoms. The third-order valence-electron chi connectivity index (χ3n) is 4.59. The highest BCUT2D eigenvalue weighted by atomic mass is 35.5. The van der Waals surface area contributed by atoms with E-state index in [1.807, 2.05) is 6.92 Å². The van der Waals surface area contributed by atoms with Gasteiger partial charge in [-0.05, 0) is 44.9 Å². The van der Waals surface area contributed by atoms with Gasteiger partial charge in [-0.15, -0.1) is 0 Å². The summed E-state index contributed by atoms with van der Waals surface area (Å²) in [5.74, 6) is -0.873. The van der Waals surface area contributed by atoms with E-state index in [4.69, 9.17) is 16.0 Å². The molecule has 23 heavy (non-hydrogen) atoms. The van der Waals surface area contributed by atoms with Crippen molar-refractivity contribution < 1.29 is 19.1 Å². The summed E-state index contributed by atoms with van der Waals surface area (Å²) in [5, 5.41) is 10.8. The number of halogens is 1. The molecule has 1 amide bonds. The fourth-order valence-corrected chi connectivity index (χ4v) is 3.30. The van der Waals surface area contributed by atoms with Crippen molar-refractivity contribution >= 4 is 34.4 Å². The number of aliphatic carboxylic acids is 1. The number of likely N-dealkylation sites (tertiary alicyclic amines) is 1. The van der Waals surface area contributed by atoms with Gasteiger partial charge in [0.1, 0.15) is 5.58 Å². The van der Waals surface area contributed by atoms with Gasteiger partial charge >= 0.3 is 5.97 Å². The molecule has 5 nitrogen and oxygen atoms in total. The minimum absolute atomic E-state index is 0.193. The number of nitrogens with zero attached hydrogens (tertiary/aromatic N) is 1. The first-order chi connectivity index (χ1) is 10.8. The molecule has 1 fully saturated rings. The van der Waals surface area contributed by atoms with Gasteiger partial charge in [-0.2, -0.15) is 0 Å². The number of carbonyl (C=O) groups excluding carboxylic acids is 1. The quantitative estimate of drug-likeness (QED) is 0.908. The van der Waals surface area contributed by atoms with Crippen molar-refractivity contribution in [3.8, 4) is 0 Å². The van der Waals surface area contributed by atoms with Crippen LogP contribution in [0.15, 0.2) is 22.6 Å². The average molecular weight is 336 g/mol. The molecule has 1 atom stereocenters. The SMILES string of the molecule is Cc1c(C(=O)N2CCCC(C)(C(=O)O)C2)oc2ccc(Cl)cc12. The Labute approximate surface area is 138 Å². The Bertz CT molecular complexity index is 797. The van der Waals surface area contributed by atoms with E-state index in [2.05, 4.69) is 0 Å². The Morgan fingerprint density at radius 1 is 1.39 bits per heavy atom. The molecular weight excluding hydrogens is 318 g/mol. The zero-order valence-electron chi connectivity index (χ0n) is 13.1. The molecule has 1 saturated heterocycles. The van der Waals surface area contributed by atoms with Gasteiger partial charge in [-0.1, -0.05) is 11.6 Å². The topological polar surface area (TPSA) is 70.8 Å². The van der Waals surface area contributed by atoms with Gasteiger partial charge in [0.25, 0.3) is 5.91 Å². The summed E-state index contributed by atoms with van der Waals surface area (Å²) in [6, 6.07) is 5.21. The number of rotatable bonds is 2. The zero-order chi connectivity index (χ0) is 16.8. The van der Waals surface area contributed by atoms with E-state index in [1.165, 1.54) is 0 Å². The second-order valence-electron chi connectivity index (χ2n) is 6.39. The highest BCUT2D eigenvalue weighted by molar-refractivity contribution is 6.31. The molecule has 1 aliphatic rings. The van der Waals surface area contributed by atoms with Crippen molar-refractivity contribution in [2.45, 2.75) is 26.7 Å². The number of hydrogen-bond donors (Lipinski definition) is 1. The molecule has 1 unspecified atom stereocenters. The summed E-state index contributed by atoms with van der Waals surface area (Å²) in [5.41, 5.74) is 0.431. The second-order valence-corrected chi connectivity index (χ2v) is 6.83. The summed E-state index contributed by atoms with van der Waals surface area (Å²) < 4.78 is 5.70. The highest BCUT2D eigenvalue weighted by Crippen LogP contribution is 2.33. The van der Waals surface area contributed by atoms with Crippen LogP contribution in [0.3, 0.4) is 0 Å². The maximum Gasteiger partial charge on any atom is 0.311 e. The lowest BCUT2D eigenvalue weighted by molar-refractivity contribution is -0.150. The second kappa shape index (κ2) is 5.57. The Kier molecular flexibility index (Phi) is 3.84. The number of furan rings is 1. The molecule has 122 valence electrons. The van der Waals surface area contributed by atoms with Crippen LogP contribution in [0.1, 0.15) is 35.9 Å². The van der Waals surface area contributed by atoms with Crippen molar-refractivity contribution in [2.75, 3.05) is 13.1 Å². The Balaban J connectivity index is 1.94. The first kappa shape index (κ1) is 15.9. The van der Waals surface area contributed by atoms with Crippen LogP contribution in [0.4, 0.5) is 0 Å². The summed E-state index contributed by atoms with van der Waals surface area (Å²) in [4.78, 5) is 25.8. The third-order valence-corrected chi connectivity index (χ3v) is 4.83. The number of piperidine rings is 1. The standard InChI is InChI=1S/C17H18ClNO4/c1-10-12-8-11(18)4-5-13(12)23-14(10)15(20)19-7-3-6-17(2,9-19)16(21)22/h4-5,8H,3,6-7,9H2,1-2H3,(H,21,22). The summed E-state index contributed by atoms with van der Waals surface area (Å²) in [6.07, 6.45) is 1.24. The maximum absolute atomic E-state index is 12.8. The number of hydrogen-bond acceptors (Lipinski definition) is 3. The predicted molar refractivity (Wildman–Crippen MR) is 86.8 cm³/mol. The van der Waals surface area contributed by atoms with Crippen LogP contribution in [0.5, 0.6) is 0 Å². The first-order valence-corrected chi connectivity index (χ1v) is 7.91. The van der Waals surface area contributed by atoms with E-state index in [1.54, 1.807) is 30.0 Å². The molecule has 1 N–H and O–H groups in total. The molecule has 1 aromatic carbocycles. The minimum atomic E-state index is -0.906. The molecular formula is C17H18ClNO4. The molecule has 2 heterocycles. The minimum Gasteiger partial charge on any atom is -0.481 e. The Hall–Kier alpha value is -2.01. The summed E-state index contributed by atoms with van der Waals surface area (Å²) in [7, 11) is 0. The fraction of sp³-hybridized carbons (Fsp3) is 0.412. The van der Waals surface area contributed by atoms with E-state index in [0.29, 0.717) is 30.0 Å². The predicted octanol–water partition coefficient (Wildman–Crippen LogP) is 3.72. The Morgan fingerprint density at radius 3 is 2.83 bits per heavy atom. The molecule has 2 aromatic rings. The zero-order valence-corrected chi connectivity index (χ0v) is 13.8. The van der Waals surface area contributed by atoms with Gasteiger partial charge in [-0.3, -0.25) is 9.59 Å². The summed E-state index contributed by atoms with van der Waals surface area (Å²) in [6.45, 7) is 4.23. The van der Waals surface area contributed by atoms with Crippen LogP contribution >= 0.6 is 11.6 Å². The number of benzene rings is 1. The summed E-state index contributed by atoms with van der Waals surface area (Å²) >= 11 is 6.00. The molecule has 3 rings (SSSR count). The number of carbonyl (C=O) groups is 2. The van der Waals surface area contributed by atoms with Gasteiger partial charge in [0, 0.05) is 29.1 Å². The lowest BCUT2D eigenvalue weighted by atomic mass is 9.82. The molecule has 6 heteroatoms. The van der Waals surface area contributed by atoms with Crippen molar-refractivity contribution in [3.05, 3.63) is 34.5 Å². The van der Waals surface area contributed by atoms with E-state index in [-0.39, 0.29) is 18.2 Å². The monoisotopic (exact) mass is 335 g/mol. The first-order valence-electron chi connectivity index (χ1n) is 7.53. The van der Waals surface area contributed by atoms with Gasteiger partial charge < -0.3 is 14.4 Å². The van der Waals surface area contributed by atoms with Crippen LogP contribution in [0, 0.1) is 12.3 Å². The normalized spacial score (nSPS) is 21.6. The smallest absolute Gasteiger partial charge is 0.311 e. The van der Waals surface area contributed by atoms with Crippen molar-refractivity contribution in [3.63, 3.8) is 0 Å². The number of carboxylic acids is 1. The molecule has 0 aliphatic carbocycles. The molecule has 0 saturated carbocycles. The molecule has 1 aliphatic heterocycles. The van der Waals surface area contributed by atoms with Crippen LogP contribution in [0.25, 0.3) is 11.0 Å². The lowest BCUT2D eigenvalue weighted by Crippen LogP contribution is -2.48. The van der Waals surface area contributed by atoms with Crippen LogP contribution in [-0.4, -0.2) is 35.0 Å². The van der Waals surface area contributed by atoms with Gasteiger partial charge in [0.2, 0.25) is 0 Å². The van der Waals surface area contributed by atoms with Crippen molar-refractivity contribution in [1.29, 1.82) is 0 Å². The van der Waals surface area contributed by atoms with Crippen LogP contribution < -0.4 is 0 Å². The van der Waals surface area contributed by atoms with Gasteiger partial charge in [0.15, 0.2) is 5.76 Å². The largest absolute Gasteiger partial charge is 0.481 e. The number of aryl methyl sites for hydroxylation is 1.